The van der Waals surface area contributed by atoms with Crippen molar-refractivity contribution in [3.8, 4) is 39.5 Å². The maximum Gasteiger partial charge on any atom is 0.159 e. The molecule has 0 unspecified atom stereocenters. The molecule has 0 radical (unpaired) electrons. The smallest absolute Gasteiger partial charge is 0.159 e. The van der Waals surface area contributed by atoms with Gasteiger partial charge < -0.3 is 4.57 Å². The first kappa shape index (κ1) is 30.3. The fourth-order valence-corrected chi connectivity index (χ4v) is 8.99. The van der Waals surface area contributed by atoms with Gasteiger partial charge in [0.1, 0.15) is 0 Å². The molecule has 0 N–H and O–H groups in total. The van der Waals surface area contributed by atoms with E-state index in [4.69, 9.17) is 9.97 Å². The molecule has 0 saturated carbocycles. The first-order valence-corrected chi connectivity index (χ1v) is 17.5. The predicted molar refractivity (Wildman–Crippen MR) is 210 cm³/mol. The molecule has 9 rings (SSSR count). The Morgan fingerprint density at radius 2 is 1.36 bits per heavy atom. The van der Waals surface area contributed by atoms with E-state index in [0.29, 0.717) is 5.82 Å². The molecular formula is C47H39N3. The first-order chi connectivity index (χ1) is 24.3. The van der Waals surface area contributed by atoms with E-state index in [1.165, 1.54) is 66.3 Å². The zero-order chi connectivity index (χ0) is 34.4. The summed E-state index contributed by atoms with van der Waals surface area (Å²) in [7, 11) is 0. The second kappa shape index (κ2) is 10.9. The summed E-state index contributed by atoms with van der Waals surface area (Å²) >= 11 is 0. The van der Waals surface area contributed by atoms with Crippen molar-refractivity contribution >= 4 is 27.4 Å². The van der Waals surface area contributed by atoms with Gasteiger partial charge in [-0.25, -0.2) is 9.97 Å². The van der Waals surface area contributed by atoms with E-state index < -0.39 is 0 Å². The van der Waals surface area contributed by atoms with Gasteiger partial charge in [-0.2, -0.15) is 0 Å². The second-order valence-corrected chi connectivity index (χ2v) is 14.6. The molecule has 0 fully saturated rings. The average Bonchev–Trinajstić information content (AvgIpc) is 3.68. The molecule has 3 nitrogen and oxygen atoms in total. The summed E-state index contributed by atoms with van der Waals surface area (Å²) in [6, 6.07) is 39.1. The summed E-state index contributed by atoms with van der Waals surface area (Å²) < 4.78 is 2.48. The summed E-state index contributed by atoms with van der Waals surface area (Å²) in [6.45, 7) is 15.7. The summed E-state index contributed by atoms with van der Waals surface area (Å²) in [5.74, 6) is 0.712. The van der Waals surface area contributed by atoms with Crippen LogP contribution in [0.15, 0.2) is 146 Å². The molecule has 242 valence electrons. The molecule has 0 saturated heterocycles. The van der Waals surface area contributed by atoms with Gasteiger partial charge in [0, 0.05) is 32.7 Å². The van der Waals surface area contributed by atoms with Crippen molar-refractivity contribution in [1.82, 2.24) is 14.5 Å². The molecule has 5 aromatic carbocycles. The van der Waals surface area contributed by atoms with Crippen molar-refractivity contribution in [2.75, 3.05) is 0 Å². The van der Waals surface area contributed by atoms with Crippen molar-refractivity contribution in [1.29, 1.82) is 0 Å². The third kappa shape index (κ3) is 4.04. The van der Waals surface area contributed by atoms with Gasteiger partial charge in [0.15, 0.2) is 5.82 Å². The quantitative estimate of drug-likeness (QED) is 0.191. The zero-order valence-electron chi connectivity index (χ0n) is 29.3. The molecule has 0 atom stereocenters. The number of rotatable bonds is 4. The summed E-state index contributed by atoms with van der Waals surface area (Å²) in [5, 5.41) is 2.55. The third-order valence-corrected chi connectivity index (χ3v) is 11.2. The highest BCUT2D eigenvalue weighted by atomic mass is 15.0. The fraction of sp³-hybridized carbons (Fsp3) is 0.149. The molecule has 2 aliphatic carbocycles. The summed E-state index contributed by atoms with van der Waals surface area (Å²) in [4.78, 5) is 10.4. The Bertz CT molecular complexity index is 2600. The van der Waals surface area contributed by atoms with Crippen LogP contribution in [0.1, 0.15) is 56.9 Å². The molecule has 50 heavy (non-hydrogen) atoms. The monoisotopic (exact) mass is 645 g/mol. The molecule has 2 aliphatic rings. The van der Waals surface area contributed by atoms with E-state index >= 15 is 0 Å². The number of allylic oxidation sites excluding steroid dienone is 5. The van der Waals surface area contributed by atoms with Gasteiger partial charge in [-0.15, -0.1) is 0 Å². The second-order valence-electron chi connectivity index (χ2n) is 14.6. The number of nitrogens with zero attached hydrogens (tertiary/aromatic N) is 3. The minimum Gasteiger partial charge on any atom is -0.305 e. The Morgan fingerprint density at radius 3 is 2.08 bits per heavy atom. The van der Waals surface area contributed by atoms with Crippen LogP contribution in [0.4, 0.5) is 0 Å². The van der Waals surface area contributed by atoms with Crippen LogP contribution in [0.5, 0.6) is 0 Å². The van der Waals surface area contributed by atoms with Gasteiger partial charge >= 0.3 is 0 Å². The third-order valence-electron chi connectivity index (χ3n) is 11.2. The standard InChI is InChI=1S/C47H39N3/c1-7-17-36-31(8-2)33-24-25-35-40-38(27-26-34-32-22-15-16-23-37(32)46(3,4)41(34)40)50(44(35)42(33)47(36,5)6)39-28-48-45(30-20-13-10-14-21-30)49-43(39)29-18-11-9-12-19-29/h7-28H,1H2,2-6H3/b31-8-,36-17?. The van der Waals surface area contributed by atoms with E-state index in [9.17, 15) is 0 Å². The van der Waals surface area contributed by atoms with Crippen molar-refractivity contribution < 1.29 is 0 Å². The summed E-state index contributed by atoms with van der Waals surface area (Å²) in [5.41, 5.74) is 16.4. The first-order valence-electron chi connectivity index (χ1n) is 17.5. The van der Waals surface area contributed by atoms with Gasteiger partial charge in [-0.05, 0) is 57.5 Å². The van der Waals surface area contributed by atoms with Gasteiger partial charge in [0.05, 0.1) is 28.6 Å². The normalized spacial score (nSPS) is 17.0. The van der Waals surface area contributed by atoms with Gasteiger partial charge in [0.25, 0.3) is 0 Å². The van der Waals surface area contributed by atoms with Crippen LogP contribution >= 0.6 is 0 Å². The fourth-order valence-electron chi connectivity index (χ4n) is 8.99. The van der Waals surface area contributed by atoms with E-state index in [-0.39, 0.29) is 10.8 Å². The van der Waals surface area contributed by atoms with E-state index in [1.807, 2.05) is 30.5 Å². The lowest BCUT2D eigenvalue weighted by molar-refractivity contribution is 0.664. The number of benzene rings is 5. The Balaban J connectivity index is 1.48. The molecule has 0 spiro atoms. The maximum atomic E-state index is 5.35. The zero-order valence-corrected chi connectivity index (χ0v) is 29.3. The molecule has 0 aliphatic heterocycles. The van der Waals surface area contributed by atoms with Gasteiger partial charge in [-0.3, -0.25) is 0 Å². The van der Waals surface area contributed by atoms with Crippen LogP contribution in [-0.2, 0) is 10.8 Å². The van der Waals surface area contributed by atoms with E-state index in [0.717, 1.165) is 22.5 Å². The van der Waals surface area contributed by atoms with Crippen molar-refractivity contribution in [2.24, 2.45) is 0 Å². The highest BCUT2D eigenvalue weighted by Crippen LogP contribution is 2.57. The lowest BCUT2D eigenvalue weighted by Gasteiger charge is -2.24. The minimum atomic E-state index is -0.281. The molecule has 3 heteroatoms. The largest absolute Gasteiger partial charge is 0.305 e. The Labute approximate surface area is 294 Å². The van der Waals surface area contributed by atoms with E-state index in [1.54, 1.807) is 0 Å². The lowest BCUT2D eigenvalue weighted by Crippen LogP contribution is -2.17. The van der Waals surface area contributed by atoms with E-state index in [2.05, 4.69) is 149 Å². The van der Waals surface area contributed by atoms with Crippen LogP contribution < -0.4 is 0 Å². The topological polar surface area (TPSA) is 30.7 Å². The van der Waals surface area contributed by atoms with Gasteiger partial charge in [0.2, 0.25) is 0 Å². The maximum absolute atomic E-state index is 5.35. The highest BCUT2D eigenvalue weighted by molar-refractivity contribution is 6.17. The SMILES string of the molecule is C=CC=C1/C(=C\C)c2ccc3c4c5c(ccc4n(-c4cnc(-c6ccccc6)nc4-c4ccccc4)c3c2C1(C)C)-c1ccccc1C5(C)C. The van der Waals surface area contributed by atoms with Crippen LogP contribution in [-0.4, -0.2) is 14.5 Å². The van der Waals surface area contributed by atoms with Crippen LogP contribution in [0.3, 0.4) is 0 Å². The molecule has 0 amide bonds. The van der Waals surface area contributed by atoms with Crippen molar-refractivity contribution in [3.05, 3.63) is 168 Å². The number of aromatic nitrogens is 3. The van der Waals surface area contributed by atoms with Gasteiger partial charge in [-0.1, -0.05) is 156 Å². The minimum absolute atomic E-state index is 0.183. The predicted octanol–water partition coefficient (Wildman–Crippen LogP) is 12.0. The number of hydrogen-bond acceptors (Lipinski definition) is 2. The number of fused-ring (bicyclic) bond motifs is 9. The Kier molecular flexibility index (Phi) is 6.57. The Morgan fingerprint density at radius 1 is 0.680 bits per heavy atom. The molecule has 7 aromatic rings. The van der Waals surface area contributed by atoms with Crippen molar-refractivity contribution in [3.63, 3.8) is 0 Å². The molecule has 2 heterocycles. The average molecular weight is 646 g/mol. The van der Waals surface area contributed by atoms with Crippen LogP contribution in [0, 0.1) is 0 Å². The number of hydrogen-bond donors (Lipinski definition) is 0. The molecule has 2 aromatic heterocycles. The Hall–Kier alpha value is -5.80. The van der Waals surface area contributed by atoms with Crippen molar-refractivity contribution in [2.45, 2.75) is 45.4 Å². The molecule has 0 bridgehead atoms. The lowest BCUT2D eigenvalue weighted by atomic mass is 9.79. The molecular weight excluding hydrogens is 607 g/mol. The van der Waals surface area contributed by atoms with Crippen LogP contribution in [0.25, 0.3) is 66.8 Å². The van der Waals surface area contributed by atoms with Crippen LogP contribution in [0.2, 0.25) is 0 Å². The highest BCUT2D eigenvalue weighted by Gasteiger charge is 2.43. The summed E-state index contributed by atoms with van der Waals surface area (Å²) in [6.07, 6.45) is 8.42.